The zero-order chi connectivity index (χ0) is 22.0. The summed E-state index contributed by atoms with van der Waals surface area (Å²) in [5.74, 6) is 0. The van der Waals surface area contributed by atoms with Crippen molar-refractivity contribution < 1.29 is 0 Å². The molecule has 0 heteroatoms. The van der Waals surface area contributed by atoms with Crippen LogP contribution in [-0.4, -0.2) is 0 Å². The minimum absolute atomic E-state index is 1.02. The second-order valence-electron chi connectivity index (χ2n) is 10.1. The Morgan fingerprint density at radius 1 is 0.412 bits per heavy atom. The van der Waals surface area contributed by atoms with E-state index in [0.29, 0.717) is 0 Å². The van der Waals surface area contributed by atoms with Crippen molar-refractivity contribution in [2.75, 3.05) is 0 Å². The summed E-state index contributed by atoms with van der Waals surface area (Å²) in [5, 5.41) is 11.0. The molecule has 0 spiro atoms. The first-order valence-corrected chi connectivity index (χ1v) is 12.2. The van der Waals surface area contributed by atoms with E-state index in [4.69, 9.17) is 0 Å². The van der Waals surface area contributed by atoms with E-state index in [9.17, 15) is 0 Å². The van der Waals surface area contributed by atoms with Crippen LogP contribution in [0.15, 0.2) is 97.1 Å². The second-order valence-corrected chi connectivity index (χ2v) is 10.1. The molecular weight excluding hydrogens is 408 g/mol. The van der Waals surface area contributed by atoms with Gasteiger partial charge in [-0.15, -0.1) is 0 Å². The maximum atomic E-state index is 2.51. The van der Waals surface area contributed by atoms with Crippen LogP contribution in [0.1, 0.15) is 22.3 Å². The molecule has 0 nitrogen and oxygen atoms in total. The van der Waals surface area contributed by atoms with Crippen LogP contribution in [0, 0.1) is 0 Å². The highest BCUT2D eigenvalue weighted by molar-refractivity contribution is 6.25. The van der Waals surface area contributed by atoms with Gasteiger partial charge in [-0.3, -0.25) is 0 Å². The fourth-order valence-corrected chi connectivity index (χ4v) is 6.94. The van der Waals surface area contributed by atoms with Crippen LogP contribution < -0.4 is 0 Å². The van der Waals surface area contributed by atoms with Crippen LogP contribution in [0.2, 0.25) is 0 Å². The Morgan fingerprint density at radius 2 is 1.15 bits per heavy atom. The maximum Gasteiger partial charge on any atom is -0.000705 e. The van der Waals surface area contributed by atoms with Crippen LogP contribution in [0.25, 0.3) is 65.3 Å². The van der Waals surface area contributed by atoms with E-state index in [0.717, 1.165) is 12.8 Å². The van der Waals surface area contributed by atoms with Crippen molar-refractivity contribution >= 4 is 43.1 Å². The quantitative estimate of drug-likeness (QED) is 0.212. The predicted molar refractivity (Wildman–Crippen MR) is 144 cm³/mol. The Kier molecular flexibility index (Phi) is 2.98. The van der Waals surface area contributed by atoms with Gasteiger partial charge in [0.15, 0.2) is 0 Å². The molecule has 0 aromatic heterocycles. The van der Waals surface area contributed by atoms with Crippen molar-refractivity contribution in [1.29, 1.82) is 0 Å². The monoisotopic (exact) mass is 428 g/mol. The van der Waals surface area contributed by atoms with Crippen LogP contribution in [0.5, 0.6) is 0 Å². The third-order valence-corrected chi connectivity index (χ3v) is 8.41. The number of hydrogen-bond donors (Lipinski definition) is 0. The Morgan fingerprint density at radius 3 is 2.09 bits per heavy atom. The average Bonchev–Trinajstić information content (AvgIpc) is 3.43. The first-order chi connectivity index (χ1) is 16.8. The molecule has 7 aromatic rings. The van der Waals surface area contributed by atoms with Gasteiger partial charge in [-0.05, 0) is 119 Å². The molecular formula is C34H20. The topological polar surface area (TPSA) is 0 Å². The summed E-state index contributed by atoms with van der Waals surface area (Å²) in [6.45, 7) is 0. The molecule has 2 aliphatic rings. The van der Waals surface area contributed by atoms with Crippen molar-refractivity contribution in [3.63, 3.8) is 0 Å². The summed E-state index contributed by atoms with van der Waals surface area (Å²) >= 11 is 0. The molecule has 0 saturated carbocycles. The lowest BCUT2D eigenvalue weighted by Gasteiger charge is -2.14. The minimum atomic E-state index is 1.02. The molecule has 34 heavy (non-hydrogen) atoms. The van der Waals surface area contributed by atoms with Crippen LogP contribution in [-0.2, 0) is 12.8 Å². The SMILES string of the molecule is c1ccc2c3c(ccc2c1)Cc1cc2c(cc1-3)Cc1c-2cc2ccc3cccc4ccc1c2c34. The number of hydrogen-bond acceptors (Lipinski definition) is 0. The second kappa shape index (κ2) is 5.85. The summed E-state index contributed by atoms with van der Waals surface area (Å²) < 4.78 is 0. The predicted octanol–water partition coefficient (Wildman–Crippen LogP) is 8.88. The van der Waals surface area contributed by atoms with E-state index in [2.05, 4.69) is 97.1 Å². The Hall–Kier alpha value is -4.16. The van der Waals surface area contributed by atoms with Gasteiger partial charge in [0, 0.05) is 0 Å². The lowest BCUT2D eigenvalue weighted by atomic mass is 9.89. The van der Waals surface area contributed by atoms with Gasteiger partial charge < -0.3 is 0 Å². The third kappa shape index (κ3) is 2.01. The van der Waals surface area contributed by atoms with Crippen LogP contribution in [0.3, 0.4) is 0 Å². The lowest BCUT2D eigenvalue weighted by Crippen LogP contribution is -1.89. The van der Waals surface area contributed by atoms with Gasteiger partial charge in [0.1, 0.15) is 0 Å². The van der Waals surface area contributed by atoms with Gasteiger partial charge in [0.2, 0.25) is 0 Å². The van der Waals surface area contributed by atoms with E-state index in [1.165, 1.54) is 87.6 Å². The van der Waals surface area contributed by atoms with Crippen molar-refractivity contribution in [3.8, 4) is 22.3 Å². The molecule has 0 radical (unpaired) electrons. The molecule has 0 amide bonds. The number of benzene rings is 7. The molecule has 0 N–H and O–H groups in total. The van der Waals surface area contributed by atoms with Gasteiger partial charge >= 0.3 is 0 Å². The number of fused-ring (bicyclic) bond motifs is 9. The molecule has 0 bridgehead atoms. The standard InChI is InChI=1S/C34H20/c1-2-7-26-19(4-1)8-10-22-14-24-16-28-25(17-29(24)33(22)26)18-30-27-13-12-21-6-3-5-20-9-11-23(15-31(28)30)34(27)32(20)21/h1-13,15-17H,14,18H2. The smallest absolute Gasteiger partial charge is 0.000705 e. The molecule has 0 heterocycles. The summed E-state index contributed by atoms with van der Waals surface area (Å²) in [7, 11) is 0. The van der Waals surface area contributed by atoms with E-state index >= 15 is 0 Å². The summed E-state index contributed by atoms with van der Waals surface area (Å²) in [4.78, 5) is 0. The van der Waals surface area contributed by atoms with Crippen LogP contribution >= 0.6 is 0 Å². The molecule has 7 aromatic carbocycles. The number of rotatable bonds is 0. The highest BCUT2D eigenvalue weighted by atomic mass is 14.3. The fraction of sp³-hybridized carbons (Fsp3) is 0.0588. The molecule has 0 fully saturated rings. The molecule has 2 aliphatic carbocycles. The summed E-state index contributed by atoms with van der Waals surface area (Å²) in [6, 6.07) is 36.9. The van der Waals surface area contributed by atoms with Gasteiger partial charge in [0.25, 0.3) is 0 Å². The zero-order valence-corrected chi connectivity index (χ0v) is 18.7. The fourth-order valence-electron chi connectivity index (χ4n) is 6.94. The Labute approximate surface area is 197 Å². The van der Waals surface area contributed by atoms with Crippen LogP contribution in [0.4, 0.5) is 0 Å². The highest BCUT2D eigenvalue weighted by Gasteiger charge is 2.28. The largest absolute Gasteiger partial charge is 0.0616 e. The molecule has 0 atom stereocenters. The van der Waals surface area contributed by atoms with Gasteiger partial charge in [-0.2, -0.15) is 0 Å². The highest BCUT2D eigenvalue weighted by Crippen LogP contribution is 2.49. The summed E-state index contributed by atoms with van der Waals surface area (Å²) in [5.41, 5.74) is 11.7. The van der Waals surface area contributed by atoms with Crippen molar-refractivity contribution in [1.82, 2.24) is 0 Å². The normalized spacial score (nSPS) is 13.6. The summed E-state index contributed by atoms with van der Waals surface area (Å²) in [6.07, 6.45) is 2.05. The zero-order valence-electron chi connectivity index (χ0n) is 18.7. The maximum absolute atomic E-state index is 2.51. The van der Waals surface area contributed by atoms with Crippen molar-refractivity contribution in [2.24, 2.45) is 0 Å². The molecule has 156 valence electrons. The van der Waals surface area contributed by atoms with E-state index in [1.807, 2.05) is 0 Å². The van der Waals surface area contributed by atoms with Gasteiger partial charge in [-0.1, -0.05) is 78.9 Å². The van der Waals surface area contributed by atoms with E-state index in [1.54, 1.807) is 0 Å². The lowest BCUT2D eigenvalue weighted by molar-refractivity contribution is 1.25. The van der Waals surface area contributed by atoms with Gasteiger partial charge in [-0.25, -0.2) is 0 Å². The first kappa shape index (κ1) is 17.3. The Bertz CT molecular complexity index is 1990. The molecule has 0 saturated heterocycles. The molecule has 0 aliphatic heterocycles. The first-order valence-electron chi connectivity index (χ1n) is 12.2. The average molecular weight is 429 g/mol. The third-order valence-electron chi connectivity index (χ3n) is 8.41. The van der Waals surface area contributed by atoms with E-state index in [-0.39, 0.29) is 0 Å². The van der Waals surface area contributed by atoms with Crippen molar-refractivity contribution in [2.45, 2.75) is 12.8 Å². The van der Waals surface area contributed by atoms with Crippen molar-refractivity contribution in [3.05, 3.63) is 119 Å². The minimum Gasteiger partial charge on any atom is -0.0616 e. The Balaban J connectivity index is 1.32. The molecule has 9 rings (SSSR count). The van der Waals surface area contributed by atoms with Gasteiger partial charge in [0.05, 0.1) is 0 Å². The van der Waals surface area contributed by atoms with E-state index < -0.39 is 0 Å². The molecule has 0 unspecified atom stereocenters.